The van der Waals surface area contributed by atoms with Gasteiger partial charge in [-0.15, -0.1) is 12.4 Å². The molecule has 0 bridgehead atoms. The number of carboxylic acids is 1. The zero-order valence-electron chi connectivity index (χ0n) is 15.0. The SMILES string of the molecule is C[C@H](C(=O)O[C@H](C)[C@H](N)C(=O)O)c1cccc(C(=O)c2ccccc2)c1.Cl. The second kappa shape index (κ2) is 9.85. The third-order valence-corrected chi connectivity index (χ3v) is 4.13. The van der Waals surface area contributed by atoms with Crippen molar-refractivity contribution in [2.24, 2.45) is 5.73 Å². The lowest BCUT2D eigenvalue weighted by molar-refractivity contribution is -0.154. The first-order chi connectivity index (χ1) is 12.3. The van der Waals surface area contributed by atoms with Crippen molar-refractivity contribution in [3.8, 4) is 0 Å². The predicted molar refractivity (Wildman–Crippen MR) is 103 cm³/mol. The Bertz CT molecular complexity index is 809. The molecule has 27 heavy (non-hydrogen) atoms. The summed E-state index contributed by atoms with van der Waals surface area (Å²) < 4.78 is 5.14. The number of carbonyl (C=O) groups is 3. The van der Waals surface area contributed by atoms with Gasteiger partial charge >= 0.3 is 11.9 Å². The summed E-state index contributed by atoms with van der Waals surface area (Å²) in [5.41, 5.74) is 7.08. The van der Waals surface area contributed by atoms with Gasteiger partial charge < -0.3 is 15.6 Å². The maximum Gasteiger partial charge on any atom is 0.324 e. The molecule has 0 spiro atoms. The molecule has 3 atom stereocenters. The molecular weight excluding hydrogens is 370 g/mol. The Kier molecular flexibility index (Phi) is 8.15. The lowest BCUT2D eigenvalue weighted by Gasteiger charge is -2.20. The monoisotopic (exact) mass is 391 g/mol. The maximum absolute atomic E-state index is 12.5. The van der Waals surface area contributed by atoms with E-state index in [1.54, 1.807) is 55.5 Å². The van der Waals surface area contributed by atoms with Crippen LogP contribution in [0.2, 0.25) is 0 Å². The molecule has 0 aromatic heterocycles. The van der Waals surface area contributed by atoms with E-state index in [1.807, 2.05) is 6.07 Å². The van der Waals surface area contributed by atoms with Crippen molar-refractivity contribution < 1.29 is 24.2 Å². The number of carbonyl (C=O) groups excluding carboxylic acids is 2. The average molecular weight is 392 g/mol. The lowest BCUT2D eigenvalue weighted by Crippen LogP contribution is -2.43. The molecule has 0 heterocycles. The summed E-state index contributed by atoms with van der Waals surface area (Å²) in [6.07, 6.45) is -0.961. The largest absolute Gasteiger partial charge is 0.480 e. The van der Waals surface area contributed by atoms with Crippen LogP contribution >= 0.6 is 12.4 Å². The molecule has 144 valence electrons. The highest BCUT2D eigenvalue weighted by atomic mass is 35.5. The van der Waals surface area contributed by atoms with Crippen molar-refractivity contribution in [2.45, 2.75) is 31.9 Å². The molecule has 0 amide bonds. The quantitative estimate of drug-likeness (QED) is 0.555. The number of ketones is 1. The smallest absolute Gasteiger partial charge is 0.324 e. The van der Waals surface area contributed by atoms with E-state index in [-0.39, 0.29) is 18.2 Å². The zero-order chi connectivity index (χ0) is 19.3. The van der Waals surface area contributed by atoms with Crippen LogP contribution in [0, 0.1) is 0 Å². The summed E-state index contributed by atoms with van der Waals surface area (Å²) in [5, 5.41) is 8.87. The highest BCUT2D eigenvalue weighted by Gasteiger charge is 2.26. The molecule has 2 rings (SSSR count). The van der Waals surface area contributed by atoms with Crippen LogP contribution in [0.25, 0.3) is 0 Å². The number of hydrogen-bond acceptors (Lipinski definition) is 5. The van der Waals surface area contributed by atoms with Crippen LogP contribution in [0.15, 0.2) is 54.6 Å². The van der Waals surface area contributed by atoms with Gasteiger partial charge in [-0.2, -0.15) is 0 Å². The van der Waals surface area contributed by atoms with Crippen molar-refractivity contribution in [1.82, 2.24) is 0 Å². The first-order valence-electron chi connectivity index (χ1n) is 8.20. The fourth-order valence-corrected chi connectivity index (χ4v) is 2.40. The van der Waals surface area contributed by atoms with Gasteiger partial charge in [0.05, 0.1) is 5.92 Å². The lowest BCUT2D eigenvalue weighted by atomic mass is 9.95. The molecule has 0 fully saturated rings. The van der Waals surface area contributed by atoms with Gasteiger partial charge in [0.15, 0.2) is 5.78 Å². The number of benzene rings is 2. The molecule has 0 aliphatic rings. The Hall–Kier alpha value is -2.70. The van der Waals surface area contributed by atoms with Gasteiger partial charge in [-0.3, -0.25) is 14.4 Å². The Morgan fingerprint density at radius 3 is 2.15 bits per heavy atom. The van der Waals surface area contributed by atoms with Crippen molar-refractivity contribution >= 4 is 30.1 Å². The van der Waals surface area contributed by atoms with Crippen LogP contribution in [-0.4, -0.2) is 35.0 Å². The number of aliphatic carboxylic acids is 1. The zero-order valence-corrected chi connectivity index (χ0v) is 15.8. The Morgan fingerprint density at radius 2 is 1.56 bits per heavy atom. The summed E-state index contributed by atoms with van der Waals surface area (Å²) >= 11 is 0. The Morgan fingerprint density at radius 1 is 0.963 bits per heavy atom. The topological polar surface area (TPSA) is 107 Å². The van der Waals surface area contributed by atoms with Gasteiger partial charge in [-0.05, 0) is 25.5 Å². The summed E-state index contributed by atoms with van der Waals surface area (Å²) in [5.74, 6) is -2.65. The van der Waals surface area contributed by atoms with Crippen LogP contribution in [0.4, 0.5) is 0 Å². The maximum atomic E-state index is 12.5. The van der Waals surface area contributed by atoms with E-state index in [4.69, 9.17) is 15.6 Å². The molecule has 3 N–H and O–H groups in total. The molecule has 6 nitrogen and oxygen atoms in total. The van der Waals surface area contributed by atoms with E-state index in [0.29, 0.717) is 16.7 Å². The molecule has 0 aliphatic heterocycles. The van der Waals surface area contributed by atoms with Gasteiger partial charge in [0.2, 0.25) is 0 Å². The van der Waals surface area contributed by atoms with Gasteiger partial charge in [0.25, 0.3) is 0 Å². The molecule has 0 aliphatic carbocycles. The number of carboxylic acid groups (broad SMARTS) is 1. The molecular formula is C20H22ClNO5. The van der Waals surface area contributed by atoms with Gasteiger partial charge in [-0.25, -0.2) is 0 Å². The van der Waals surface area contributed by atoms with E-state index in [1.165, 1.54) is 6.92 Å². The molecule has 2 aromatic rings. The second-order valence-electron chi connectivity index (χ2n) is 6.05. The van der Waals surface area contributed by atoms with Gasteiger partial charge in [-0.1, -0.05) is 48.5 Å². The van der Waals surface area contributed by atoms with Gasteiger partial charge in [0.1, 0.15) is 12.1 Å². The number of ether oxygens (including phenoxy) is 1. The third-order valence-electron chi connectivity index (χ3n) is 4.13. The van der Waals surface area contributed by atoms with E-state index in [9.17, 15) is 14.4 Å². The minimum atomic E-state index is -1.29. The molecule has 0 unspecified atom stereocenters. The van der Waals surface area contributed by atoms with Crippen LogP contribution in [0.5, 0.6) is 0 Å². The minimum absolute atomic E-state index is 0. The number of rotatable bonds is 7. The van der Waals surface area contributed by atoms with Crippen molar-refractivity contribution in [3.63, 3.8) is 0 Å². The summed E-state index contributed by atoms with van der Waals surface area (Å²) in [6, 6.07) is 14.3. The molecule has 0 saturated heterocycles. The highest BCUT2D eigenvalue weighted by molar-refractivity contribution is 6.09. The molecule has 0 saturated carbocycles. The second-order valence-corrected chi connectivity index (χ2v) is 6.05. The van der Waals surface area contributed by atoms with Crippen molar-refractivity contribution in [1.29, 1.82) is 0 Å². The predicted octanol–water partition coefficient (Wildman–Crippen LogP) is 2.79. The van der Waals surface area contributed by atoms with Crippen LogP contribution in [-0.2, 0) is 14.3 Å². The standard InChI is InChI=1S/C20H21NO5.ClH/c1-12(20(25)26-13(2)17(21)19(23)24)15-9-6-10-16(11-15)18(22)14-7-4-3-5-8-14;/h3-13,17H,21H2,1-2H3,(H,23,24);1H/t12-,13+,17-;/m0./s1. The first-order valence-corrected chi connectivity index (χ1v) is 8.20. The molecule has 0 radical (unpaired) electrons. The number of nitrogens with two attached hydrogens (primary N) is 1. The first kappa shape index (κ1) is 22.3. The number of hydrogen-bond donors (Lipinski definition) is 2. The van der Waals surface area contributed by atoms with E-state index >= 15 is 0 Å². The van der Waals surface area contributed by atoms with Crippen LogP contribution in [0.3, 0.4) is 0 Å². The fourth-order valence-electron chi connectivity index (χ4n) is 2.40. The minimum Gasteiger partial charge on any atom is -0.480 e. The van der Waals surface area contributed by atoms with Crippen LogP contribution in [0.1, 0.15) is 41.3 Å². The summed E-state index contributed by atoms with van der Waals surface area (Å²) in [4.78, 5) is 35.7. The Balaban J connectivity index is 0.00000364. The highest BCUT2D eigenvalue weighted by Crippen LogP contribution is 2.21. The van der Waals surface area contributed by atoms with Crippen molar-refractivity contribution in [2.75, 3.05) is 0 Å². The van der Waals surface area contributed by atoms with E-state index < -0.39 is 30.0 Å². The molecule has 2 aromatic carbocycles. The van der Waals surface area contributed by atoms with Crippen molar-refractivity contribution in [3.05, 3.63) is 71.3 Å². The third kappa shape index (κ3) is 5.64. The Labute approximate surface area is 163 Å². The number of halogens is 1. The van der Waals surface area contributed by atoms with Gasteiger partial charge in [0, 0.05) is 11.1 Å². The normalized spacial score (nSPS) is 13.6. The number of esters is 1. The summed E-state index contributed by atoms with van der Waals surface area (Å²) in [7, 11) is 0. The fraction of sp³-hybridized carbons (Fsp3) is 0.250. The average Bonchev–Trinajstić information content (AvgIpc) is 2.66. The molecule has 7 heteroatoms. The van der Waals surface area contributed by atoms with E-state index in [2.05, 4.69) is 0 Å². The van der Waals surface area contributed by atoms with Crippen LogP contribution < -0.4 is 5.73 Å². The van der Waals surface area contributed by atoms with E-state index in [0.717, 1.165) is 0 Å². The summed E-state index contributed by atoms with van der Waals surface area (Å²) in [6.45, 7) is 3.06.